The maximum absolute atomic E-state index is 10.8. The molecule has 1 aliphatic rings. The Morgan fingerprint density at radius 2 is 1.70 bits per heavy atom. The second kappa shape index (κ2) is 8.29. The molecule has 1 aliphatic heterocycles. The molecule has 5 heteroatoms. The summed E-state index contributed by atoms with van der Waals surface area (Å²) in [5.41, 5.74) is 3.94. The minimum Gasteiger partial charge on any atom is -0.382 e. The van der Waals surface area contributed by atoms with Gasteiger partial charge in [-0.2, -0.15) is 0 Å². The van der Waals surface area contributed by atoms with E-state index in [4.69, 9.17) is 0 Å². The van der Waals surface area contributed by atoms with Crippen LogP contribution >= 0.6 is 0 Å². The lowest BCUT2D eigenvalue weighted by Gasteiger charge is -2.37. The van der Waals surface area contributed by atoms with E-state index in [2.05, 4.69) is 31.9 Å². The number of aliphatic hydroxyl groups excluding tert-OH is 1. The Kier molecular flexibility index (Phi) is 5.42. The van der Waals surface area contributed by atoms with Crippen molar-refractivity contribution in [3.63, 3.8) is 0 Å². The van der Waals surface area contributed by atoms with Crippen molar-refractivity contribution in [1.82, 2.24) is 14.9 Å². The number of nitrogens with zero attached hydrogens (tertiary/aromatic N) is 4. The molecular formula is C22H24N4O. The average Bonchev–Trinajstić information content (AvgIpc) is 2.75. The zero-order valence-electron chi connectivity index (χ0n) is 15.3. The number of hydrogen-bond donors (Lipinski definition) is 1. The lowest BCUT2D eigenvalue weighted by Crippen LogP contribution is -2.46. The molecule has 5 nitrogen and oxygen atoms in total. The second-order valence-electron chi connectivity index (χ2n) is 6.84. The van der Waals surface area contributed by atoms with Crippen molar-refractivity contribution in [2.45, 2.75) is 12.6 Å². The SMILES string of the molecule is OC(c1ccccn1)c1ccccc1N1CCN(Cc2cccnc2)CC1. The molecule has 0 amide bonds. The third-order valence-electron chi connectivity index (χ3n) is 5.04. The van der Waals surface area contributed by atoms with Gasteiger partial charge in [0.15, 0.2) is 0 Å². The van der Waals surface area contributed by atoms with Gasteiger partial charge in [0.1, 0.15) is 6.10 Å². The molecule has 0 spiro atoms. The van der Waals surface area contributed by atoms with E-state index >= 15 is 0 Å². The zero-order valence-corrected chi connectivity index (χ0v) is 15.3. The van der Waals surface area contributed by atoms with E-state index in [1.54, 1.807) is 6.20 Å². The third-order valence-corrected chi connectivity index (χ3v) is 5.04. The number of pyridine rings is 2. The van der Waals surface area contributed by atoms with Crippen molar-refractivity contribution in [2.75, 3.05) is 31.1 Å². The molecule has 3 aromatic rings. The molecule has 1 N–H and O–H groups in total. The molecule has 1 fully saturated rings. The van der Waals surface area contributed by atoms with Gasteiger partial charge in [-0.05, 0) is 29.8 Å². The fourth-order valence-corrected chi connectivity index (χ4v) is 3.60. The van der Waals surface area contributed by atoms with Crippen molar-refractivity contribution in [2.24, 2.45) is 0 Å². The maximum Gasteiger partial charge on any atom is 0.123 e. The summed E-state index contributed by atoms with van der Waals surface area (Å²) < 4.78 is 0. The largest absolute Gasteiger partial charge is 0.382 e. The molecule has 3 heterocycles. The number of rotatable bonds is 5. The summed E-state index contributed by atoms with van der Waals surface area (Å²) >= 11 is 0. The number of anilines is 1. The molecule has 2 aromatic heterocycles. The summed E-state index contributed by atoms with van der Waals surface area (Å²) in [6.45, 7) is 4.78. The van der Waals surface area contributed by atoms with Gasteiger partial charge in [0, 0.05) is 62.6 Å². The Morgan fingerprint density at radius 1 is 0.889 bits per heavy atom. The second-order valence-corrected chi connectivity index (χ2v) is 6.84. The van der Waals surface area contributed by atoms with Crippen LogP contribution in [0.3, 0.4) is 0 Å². The van der Waals surface area contributed by atoms with Gasteiger partial charge in [0.05, 0.1) is 5.69 Å². The highest BCUT2D eigenvalue weighted by atomic mass is 16.3. The summed E-state index contributed by atoms with van der Waals surface area (Å²) in [6, 6.07) is 17.9. The van der Waals surface area contributed by atoms with E-state index < -0.39 is 6.10 Å². The normalized spacial score (nSPS) is 16.3. The van der Waals surface area contributed by atoms with E-state index in [1.807, 2.05) is 54.9 Å². The van der Waals surface area contributed by atoms with Crippen LogP contribution in [-0.4, -0.2) is 46.2 Å². The number of hydrogen-bond acceptors (Lipinski definition) is 5. The summed E-state index contributed by atoms with van der Waals surface area (Å²) in [4.78, 5) is 13.3. The average molecular weight is 360 g/mol. The van der Waals surface area contributed by atoms with Crippen molar-refractivity contribution >= 4 is 5.69 Å². The van der Waals surface area contributed by atoms with E-state index in [9.17, 15) is 5.11 Å². The van der Waals surface area contributed by atoms with Crippen molar-refractivity contribution in [3.8, 4) is 0 Å². The van der Waals surface area contributed by atoms with Gasteiger partial charge in [0.2, 0.25) is 0 Å². The smallest absolute Gasteiger partial charge is 0.123 e. The first kappa shape index (κ1) is 17.6. The minimum atomic E-state index is -0.712. The van der Waals surface area contributed by atoms with Crippen LogP contribution in [0.25, 0.3) is 0 Å². The van der Waals surface area contributed by atoms with E-state index in [0.717, 1.165) is 44.0 Å². The number of aromatic nitrogens is 2. The monoisotopic (exact) mass is 360 g/mol. The predicted molar refractivity (Wildman–Crippen MR) is 106 cm³/mol. The highest BCUT2D eigenvalue weighted by molar-refractivity contribution is 5.56. The predicted octanol–water partition coefficient (Wildman–Crippen LogP) is 2.88. The first-order valence-corrected chi connectivity index (χ1v) is 9.35. The number of benzene rings is 1. The molecule has 4 rings (SSSR count). The Bertz CT molecular complexity index is 848. The van der Waals surface area contributed by atoms with Crippen molar-refractivity contribution in [1.29, 1.82) is 0 Å². The van der Waals surface area contributed by atoms with Crippen LogP contribution in [0.2, 0.25) is 0 Å². The third kappa shape index (κ3) is 4.15. The molecule has 138 valence electrons. The molecule has 1 aromatic carbocycles. The molecule has 0 radical (unpaired) electrons. The zero-order chi connectivity index (χ0) is 18.5. The van der Waals surface area contributed by atoms with Gasteiger partial charge in [-0.15, -0.1) is 0 Å². The van der Waals surface area contributed by atoms with Crippen LogP contribution in [0.15, 0.2) is 73.2 Å². The molecule has 27 heavy (non-hydrogen) atoms. The topological polar surface area (TPSA) is 52.5 Å². The van der Waals surface area contributed by atoms with Gasteiger partial charge in [-0.25, -0.2) is 0 Å². The summed E-state index contributed by atoms with van der Waals surface area (Å²) in [5.74, 6) is 0. The molecule has 1 unspecified atom stereocenters. The van der Waals surface area contributed by atoms with Gasteiger partial charge in [-0.3, -0.25) is 14.9 Å². The fraction of sp³-hybridized carbons (Fsp3) is 0.273. The quantitative estimate of drug-likeness (QED) is 0.758. The van der Waals surface area contributed by atoms with E-state index in [0.29, 0.717) is 5.69 Å². The van der Waals surface area contributed by atoms with Crippen LogP contribution in [0.5, 0.6) is 0 Å². The first-order valence-electron chi connectivity index (χ1n) is 9.35. The minimum absolute atomic E-state index is 0.681. The van der Waals surface area contributed by atoms with E-state index in [-0.39, 0.29) is 0 Å². The standard InChI is InChI=1S/C22H24N4O/c27-22(20-8-3-4-11-24-20)19-7-1-2-9-21(19)26-14-12-25(13-15-26)17-18-6-5-10-23-16-18/h1-11,16,22,27H,12-15,17H2. The molecule has 0 aliphatic carbocycles. The maximum atomic E-state index is 10.8. The van der Waals surface area contributed by atoms with Gasteiger partial charge >= 0.3 is 0 Å². The summed E-state index contributed by atoms with van der Waals surface area (Å²) in [7, 11) is 0. The Balaban J connectivity index is 1.46. The van der Waals surface area contributed by atoms with Gasteiger partial charge < -0.3 is 10.0 Å². The van der Waals surface area contributed by atoms with Crippen LogP contribution in [0.1, 0.15) is 22.9 Å². The fourth-order valence-electron chi connectivity index (χ4n) is 3.60. The summed E-state index contributed by atoms with van der Waals surface area (Å²) in [5, 5.41) is 10.8. The van der Waals surface area contributed by atoms with Crippen LogP contribution in [-0.2, 0) is 6.54 Å². The van der Waals surface area contributed by atoms with Crippen LogP contribution < -0.4 is 4.90 Å². The number of piperazine rings is 1. The molecule has 0 bridgehead atoms. The van der Waals surface area contributed by atoms with Gasteiger partial charge in [-0.1, -0.05) is 30.3 Å². The van der Waals surface area contributed by atoms with Crippen LogP contribution in [0.4, 0.5) is 5.69 Å². The highest BCUT2D eigenvalue weighted by Crippen LogP contribution is 2.30. The highest BCUT2D eigenvalue weighted by Gasteiger charge is 2.22. The lowest BCUT2D eigenvalue weighted by molar-refractivity contribution is 0.214. The Labute approximate surface area is 159 Å². The Hall–Kier alpha value is -2.76. The molecule has 1 atom stereocenters. The van der Waals surface area contributed by atoms with Gasteiger partial charge in [0.25, 0.3) is 0 Å². The van der Waals surface area contributed by atoms with Crippen molar-refractivity contribution in [3.05, 3.63) is 90.0 Å². The Morgan fingerprint density at radius 3 is 2.44 bits per heavy atom. The number of para-hydroxylation sites is 1. The van der Waals surface area contributed by atoms with E-state index in [1.165, 1.54) is 5.56 Å². The molecular weight excluding hydrogens is 336 g/mol. The van der Waals surface area contributed by atoms with Crippen LogP contribution in [0, 0.1) is 0 Å². The first-order chi connectivity index (χ1) is 13.3. The lowest BCUT2D eigenvalue weighted by atomic mass is 10.0. The molecule has 0 saturated carbocycles. The van der Waals surface area contributed by atoms with Crippen molar-refractivity contribution < 1.29 is 5.11 Å². The summed E-state index contributed by atoms with van der Waals surface area (Å²) in [6.07, 6.45) is 4.75. The number of aliphatic hydroxyl groups is 1. The molecule has 1 saturated heterocycles.